The summed E-state index contributed by atoms with van der Waals surface area (Å²) in [5.74, 6) is 0. The summed E-state index contributed by atoms with van der Waals surface area (Å²) in [7, 11) is 0. The van der Waals surface area contributed by atoms with Crippen LogP contribution in [0, 0.1) is 0 Å². The Morgan fingerprint density at radius 3 is 2.07 bits per heavy atom. The fourth-order valence-corrected chi connectivity index (χ4v) is 1.21. The average molecular weight is 194 g/mol. The second-order valence-electron chi connectivity index (χ2n) is 3.08. The minimum Gasteiger partial charge on any atom is -0.318 e. The molecule has 14 heavy (non-hydrogen) atoms. The van der Waals surface area contributed by atoms with Gasteiger partial charge in [0.25, 0.3) is 0 Å². The standard InChI is InChI=1S/C5H13N3.C5H5N/c6-5-8-3-1-7-2-4-8;1-2-4-6-5-3-1/h7H,1-6H2;1-5H. The SMILES string of the molecule is NCN1CCNCC1.c1ccncc1. The molecule has 1 aromatic rings. The summed E-state index contributed by atoms with van der Waals surface area (Å²) >= 11 is 0. The van der Waals surface area contributed by atoms with Crippen LogP contribution in [0.3, 0.4) is 0 Å². The van der Waals surface area contributed by atoms with Crippen LogP contribution < -0.4 is 11.1 Å². The number of nitrogens with one attached hydrogen (secondary N) is 1. The first-order chi connectivity index (χ1) is 6.93. The first-order valence-electron chi connectivity index (χ1n) is 4.91. The molecule has 1 fully saturated rings. The number of rotatable bonds is 1. The highest BCUT2D eigenvalue weighted by atomic mass is 15.2. The molecule has 0 radical (unpaired) electrons. The van der Waals surface area contributed by atoms with Crippen LogP contribution in [0.15, 0.2) is 30.6 Å². The van der Waals surface area contributed by atoms with Gasteiger partial charge in [0.1, 0.15) is 0 Å². The topological polar surface area (TPSA) is 54.2 Å². The van der Waals surface area contributed by atoms with Gasteiger partial charge in [-0.1, -0.05) is 6.07 Å². The zero-order valence-corrected chi connectivity index (χ0v) is 8.39. The van der Waals surface area contributed by atoms with Crippen molar-refractivity contribution in [3.63, 3.8) is 0 Å². The van der Waals surface area contributed by atoms with Gasteiger partial charge >= 0.3 is 0 Å². The predicted molar refractivity (Wildman–Crippen MR) is 57.7 cm³/mol. The van der Waals surface area contributed by atoms with Crippen molar-refractivity contribution in [1.82, 2.24) is 15.2 Å². The van der Waals surface area contributed by atoms with E-state index in [1.807, 2.05) is 18.2 Å². The molecule has 2 heterocycles. The second kappa shape index (κ2) is 7.44. The molecule has 78 valence electrons. The van der Waals surface area contributed by atoms with E-state index >= 15 is 0 Å². The number of aromatic nitrogens is 1. The van der Waals surface area contributed by atoms with Crippen molar-refractivity contribution in [2.75, 3.05) is 32.8 Å². The Morgan fingerprint density at radius 2 is 1.79 bits per heavy atom. The number of pyridine rings is 1. The number of hydrogen-bond acceptors (Lipinski definition) is 4. The van der Waals surface area contributed by atoms with Gasteiger partial charge in [-0.15, -0.1) is 0 Å². The van der Waals surface area contributed by atoms with Crippen molar-refractivity contribution in [2.45, 2.75) is 0 Å². The Hall–Kier alpha value is -0.970. The Kier molecular flexibility index (Phi) is 5.90. The monoisotopic (exact) mass is 194 g/mol. The molecular weight excluding hydrogens is 176 g/mol. The quantitative estimate of drug-likeness (QED) is 0.655. The lowest BCUT2D eigenvalue weighted by molar-refractivity contribution is 0.247. The van der Waals surface area contributed by atoms with Crippen molar-refractivity contribution in [3.8, 4) is 0 Å². The van der Waals surface area contributed by atoms with E-state index in [2.05, 4.69) is 15.2 Å². The smallest absolute Gasteiger partial charge is 0.0456 e. The maximum atomic E-state index is 5.40. The fraction of sp³-hybridized carbons (Fsp3) is 0.500. The van der Waals surface area contributed by atoms with Gasteiger partial charge in [0.15, 0.2) is 0 Å². The van der Waals surface area contributed by atoms with E-state index in [-0.39, 0.29) is 0 Å². The first kappa shape index (κ1) is 11.1. The van der Waals surface area contributed by atoms with Crippen LogP contribution >= 0.6 is 0 Å². The van der Waals surface area contributed by atoms with Crippen molar-refractivity contribution < 1.29 is 0 Å². The lowest BCUT2D eigenvalue weighted by Crippen LogP contribution is -2.45. The lowest BCUT2D eigenvalue weighted by Gasteiger charge is -2.24. The number of nitrogens with zero attached hydrogens (tertiary/aromatic N) is 2. The van der Waals surface area contributed by atoms with Crippen molar-refractivity contribution in [1.29, 1.82) is 0 Å². The molecule has 0 aliphatic carbocycles. The number of nitrogens with two attached hydrogens (primary N) is 1. The number of hydrogen-bond donors (Lipinski definition) is 2. The molecule has 0 amide bonds. The Morgan fingerprint density at radius 1 is 1.14 bits per heavy atom. The summed E-state index contributed by atoms with van der Waals surface area (Å²) in [6, 6.07) is 5.72. The highest BCUT2D eigenvalue weighted by molar-refractivity contribution is 4.88. The van der Waals surface area contributed by atoms with Crippen molar-refractivity contribution in [2.24, 2.45) is 5.73 Å². The minimum absolute atomic E-state index is 0.710. The Labute approximate surface area is 85.1 Å². The molecule has 0 bridgehead atoms. The van der Waals surface area contributed by atoms with E-state index in [9.17, 15) is 0 Å². The highest BCUT2D eigenvalue weighted by Gasteiger charge is 2.04. The molecule has 0 saturated carbocycles. The molecule has 0 spiro atoms. The molecule has 1 saturated heterocycles. The highest BCUT2D eigenvalue weighted by Crippen LogP contribution is 1.85. The second-order valence-corrected chi connectivity index (χ2v) is 3.08. The van der Waals surface area contributed by atoms with E-state index in [1.165, 1.54) is 0 Å². The van der Waals surface area contributed by atoms with Gasteiger partial charge in [0.05, 0.1) is 0 Å². The zero-order valence-electron chi connectivity index (χ0n) is 8.39. The summed E-state index contributed by atoms with van der Waals surface area (Å²) in [6.07, 6.45) is 3.50. The summed E-state index contributed by atoms with van der Waals surface area (Å²) in [5.41, 5.74) is 5.40. The first-order valence-corrected chi connectivity index (χ1v) is 4.91. The number of piperazine rings is 1. The maximum Gasteiger partial charge on any atom is 0.0456 e. The van der Waals surface area contributed by atoms with Gasteiger partial charge < -0.3 is 11.1 Å². The minimum atomic E-state index is 0.710. The van der Waals surface area contributed by atoms with Crippen molar-refractivity contribution in [3.05, 3.63) is 30.6 Å². The molecule has 0 unspecified atom stereocenters. The predicted octanol–water partition coefficient (Wildman–Crippen LogP) is -0.111. The van der Waals surface area contributed by atoms with Crippen LogP contribution in [0.1, 0.15) is 0 Å². The summed E-state index contributed by atoms with van der Waals surface area (Å²) < 4.78 is 0. The lowest BCUT2D eigenvalue weighted by atomic mass is 10.4. The van der Waals surface area contributed by atoms with Crippen LogP contribution in [0.2, 0.25) is 0 Å². The molecule has 4 heteroatoms. The van der Waals surface area contributed by atoms with E-state index < -0.39 is 0 Å². The van der Waals surface area contributed by atoms with Gasteiger partial charge in [-0.3, -0.25) is 9.88 Å². The van der Waals surface area contributed by atoms with Crippen LogP contribution in [-0.2, 0) is 0 Å². The molecular formula is C10H18N4. The van der Waals surface area contributed by atoms with Gasteiger partial charge in [-0.2, -0.15) is 0 Å². The van der Waals surface area contributed by atoms with E-state index in [0.29, 0.717) is 6.67 Å². The summed E-state index contributed by atoms with van der Waals surface area (Å²) in [6.45, 7) is 5.11. The third kappa shape index (κ3) is 4.91. The van der Waals surface area contributed by atoms with Gasteiger partial charge in [0, 0.05) is 45.2 Å². The largest absolute Gasteiger partial charge is 0.318 e. The average Bonchev–Trinajstić information content (AvgIpc) is 2.33. The fourth-order valence-electron chi connectivity index (χ4n) is 1.21. The van der Waals surface area contributed by atoms with Gasteiger partial charge in [-0.25, -0.2) is 0 Å². The van der Waals surface area contributed by atoms with Crippen LogP contribution in [-0.4, -0.2) is 42.7 Å². The van der Waals surface area contributed by atoms with Gasteiger partial charge in [0.2, 0.25) is 0 Å². The summed E-state index contributed by atoms with van der Waals surface area (Å²) in [4.78, 5) is 6.02. The third-order valence-electron chi connectivity index (χ3n) is 2.03. The van der Waals surface area contributed by atoms with Crippen LogP contribution in [0.4, 0.5) is 0 Å². The Bertz CT molecular complexity index is 182. The van der Waals surface area contributed by atoms with Crippen LogP contribution in [0.25, 0.3) is 0 Å². The zero-order chi connectivity index (χ0) is 10.1. The van der Waals surface area contributed by atoms with E-state index in [0.717, 1.165) is 26.2 Å². The molecule has 1 aliphatic heterocycles. The van der Waals surface area contributed by atoms with Crippen molar-refractivity contribution >= 4 is 0 Å². The molecule has 1 aromatic heterocycles. The summed E-state index contributed by atoms with van der Waals surface area (Å²) in [5, 5.41) is 3.25. The van der Waals surface area contributed by atoms with Gasteiger partial charge in [-0.05, 0) is 12.1 Å². The van der Waals surface area contributed by atoms with Crippen LogP contribution in [0.5, 0.6) is 0 Å². The molecule has 3 N–H and O–H groups in total. The third-order valence-corrected chi connectivity index (χ3v) is 2.03. The normalized spacial score (nSPS) is 16.9. The van der Waals surface area contributed by atoms with E-state index in [4.69, 9.17) is 5.73 Å². The molecule has 0 aromatic carbocycles. The van der Waals surface area contributed by atoms with E-state index in [1.54, 1.807) is 12.4 Å². The maximum absolute atomic E-state index is 5.40. The Balaban J connectivity index is 0.000000146. The molecule has 0 atom stereocenters. The molecule has 4 nitrogen and oxygen atoms in total. The molecule has 1 aliphatic rings. The molecule has 2 rings (SSSR count).